The van der Waals surface area contributed by atoms with Crippen LogP contribution in [0.4, 0.5) is 5.69 Å². The zero-order chi connectivity index (χ0) is 16.8. The predicted molar refractivity (Wildman–Crippen MR) is 98.8 cm³/mol. The number of hydrogen-bond acceptors (Lipinski definition) is 7. The number of thioether (sulfide) groups is 2. The van der Waals surface area contributed by atoms with E-state index in [1.54, 1.807) is 27.8 Å². The fourth-order valence-electron chi connectivity index (χ4n) is 1.98. The van der Waals surface area contributed by atoms with Crippen molar-refractivity contribution in [3.05, 3.63) is 46.7 Å². The molecule has 3 aromatic rings. The Hall–Kier alpha value is -1.84. The molecule has 24 heavy (non-hydrogen) atoms. The van der Waals surface area contributed by atoms with Crippen molar-refractivity contribution in [3.63, 3.8) is 0 Å². The number of anilines is 1. The lowest BCUT2D eigenvalue weighted by Gasteiger charge is -2.06. The van der Waals surface area contributed by atoms with Crippen molar-refractivity contribution < 1.29 is 4.79 Å². The maximum atomic E-state index is 12.1. The van der Waals surface area contributed by atoms with Gasteiger partial charge in [-0.25, -0.2) is 4.68 Å². The fourth-order valence-corrected chi connectivity index (χ4v) is 3.80. The zero-order valence-corrected chi connectivity index (χ0v) is 15.3. The number of hydrogen-bond donors (Lipinski definition) is 1. The standard InChI is InChI=1S/C15H15N5OS3/c1-22-12-5-2-4-11(8-12)16-14(21)10-24-15-17-18-19-20(15)9-13-6-3-7-23-13/h2-8H,9-10H2,1H3,(H,16,21). The molecule has 1 N–H and O–H groups in total. The van der Waals surface area contributed by atoms with Crippen molar-refractivity contribution >= 4 is 46.5 Å². The summed E-state index contributed by atoms with van der Waals surface area (Å²) >= 11 is 4.62. The average molecular weight is 378 g/mol. The first-order chi connectivity index (χ1) is 11.7. The van der Waals surface area contributed by atoms with E-state index >= 15 is 0 Å². The molecule has 9 heteroatoms. The van der Waals surface area contributed by atoms with E-state index in [9.17, 15) is 4.79 Å². The topological polar surface area (TPSA) is 72.7 Å². The van der Waals surface area contributed by atoms with Crippen molar-refractivity contribution in [2.45, 2.75) is 16.6 Å². The Morgan fingerprint density at radius 3 is 3.04 bits per heavy atom. The minimum absolute atomic E-state index is 0.0797. The van der Waals surface area contributed by atoms with Gasteiger partial charge in [-0.15, -0.1) is 28.2 Å². The van der Waals surface area contributed by atoms with E-state index in [2.05, 4.69) is 20.8 Å². The third-order valence-corrected chi connectivity index (χ3v) is 5.61. The summed E-state index contributed by atoms with van der Waals surface area (Å²) in [5, 5.41) is 17.2. The van der Waals surface area contributed by atoms with Gasteiger partial charge in [0.05, 0.1) is 12.3 Å². The van der Waals surface area contributed by atoms with Crippen molar-refractivity contribution in [2.75, 3.05) is 17.3 Å². The normalized spacial score (nSPS) is 10.7. The van der Waals surface area contributed by atoms with Crippen LogP contribution in [0.25, 0.3) is 0 Å². The summed E-state index contributed by atoms with van der Waals surface area (Å²) in [4.78, 5) is 14.4. The van der Waals surface area contributed by atoms with Crippen LogP contribution < -0.4 is 5.32 Å². The number of amides is 1. The Kier molecular flexibility index (Phi) is 5.89. The molecule has 0 aliphatic rings. The van der Waals surface area contributed by atoms with Crippen LogP contribution >= 0.6 is 34.9 Å². The van der Waals surface area contributed by atoms with Crippen LogP contribution in [0.5, 0.6) is 0 Å². The molecule has 1 amide bonds. The number of thiophene rings is 1. The Morgan fingerprint density at radius 1 is 1.33 bits per heavy atom. The number of tetrazole rings is 1. The van der Waals surface area contributed by atoms with E-state index in [4.69, 9.17) is 0 Å². The number of nitrogens with one attached hydrogen (secondary N) is 1. The third-order valence-electron chi connectivity index (χ3n) is 3.07. The molecule has 0 spiro atoms. The molecule has 124 valence electrons. The summed E-state index contributed by atoms with van der Waals surface area (Å²) in [6, 6.07) is 11.8. The molecule has 0 bridgehead atoms. The van der Waals surface area contributed by atoms with Crippen LogP contribution in [0.1, 0.15) is 4.88 Å². The summed E-state index contributed by atoms with van der Waals surface area (Å²) in [5.74, 6) is 0.179. The van der Waals surface area contributed by atoms with Gasteiger partial charge in [0.15, 0.2) is 0 Å². The number of rotatable bonds is 7. The summed E-state index contributed by atoms with van der Waals surface area (Å²) in [5.41, 5.74) is 0.797. The molecule has 0 atom stereocenters. The van der Waals surface area contributed by atoms with Gasteiger partial charge in [-0.2, -0.15) is 0 Å². The Labute approximate surface area is 152 Å². The highest BCUT2D eigenvalue weighted by Crippen LogP contribution is 2.20. The molecule has 3 rings (SSSR count). The Bertz CT molecular complexity index is 803. The summed E-state index contributed by atoms with van der Waals surface area (Å²) in [7, 11) is 0. The van der Waals surface area contributed by atoms with Gasteiger partial charge in [0.1, 0.15) is 0 Å². The van der Waals surface area contributed by atoms with Gasteiger partial charge >= 0.3 is 0 Å². The molecule has 2 aromatic heterocycles. The van der Waals surface area contributed by atoms with Gasteiger partial charge in [0, 0.05) is 15.5 Å². The van der Waals surface area contributed by atoms with E-state index in [1.165, 1.54) is 16.6 Å². The van der Waals surface area contributed by atoms with Crippen molar-refractivity contribution in [1.29, 1.82) is 0 Å². The zero-order valence-electron chi connectivity index (χ0n) is 12.9. The smallest absolute Gasteiger partial charge is 0.234 e. The average Bonchev–Trinajstić information content (AvgIpc) is 3.25. The second kappa shape index (κ2) is 8.32. The maximum absolute atomic E-state index is 12.1. The lowest BCUT2D eigenvalue weighted by atomic mass is 10.3. The van der Waals surface area contributed by atoms with E-state index < -0.39 is 0 Å². The van der Waals surface area contributed by atoms with Gasteiger partial charge in [-0.1, -0.05) is 23.9 Å². The van der Waals surface area contributed by atoms with Crippen LogP contribution in [0, 0.1) is 0 Å². The molecule has 0 radical (unpaired) electrons. The summed E-state index contributed by atoms with van der Waals surface area (Å²) in [6.07, 6.45) is 2.00. The Morgan fingerprint density at radius 2 is 2.25 bits per heavy atom. The van der Waals surface area contributed by atoms with Crippen LogP contribution in [0.15, 0.2) is 51.8 Å². The molecular formula is C15H15N5OS3. The lowest BCUT2D eigenvalue weighted by molar-refractivity contribution is -0.113. The Balaban J connectivity index is 1.55. The van der Waals surface area contributed by atoms with Crippen molar-refractivity contribution in [3.8, 4) is 0 Å². The minimum atomic E-state index is -0.0797. The van der Waals surface area contributed by atoms with E-state index in [1.807, 2.05) is 48.0 Å². The van der Waals surface area contributed by atoms with Gasteiger partial charge in [0.25, 0.3) is 0 Å². The number of nitrogens with zero attached hydrogens (tertiary/aromatic N) is 4. The molecule has 0 fully saturated rings. The molecule has 0 saturated heterocycles. The lowest BCUT2D eigenvalue weighted by Crippen LogP contribution is -2.14. The monoisotopic (exact) mass is 377 g/mol. The molecule has 6 nitrogen and oxygen atoms in total. The maximum Gasteiger partial charge on any atom is 0.234 e. The van der Waals surface area contributed by atoms with Crippen LogP contribution in [-0.2, 0) is 11.3 Å². The quantitative estimate of drug-likeness (QED) is 0.637. The first-order valence-corrected chi connectivity index (χ1v) is 10.2. The molecule has 0 aliphatic heterocycles. The number of carbonyl (C=O) groups is 1. The fraction of sp³-hybridized carbons (Fsp3) is 0.200. The number of carbonyl (C=O) groups excluding carboxylic acids is 1. The van der Waals surface area contributed by atoms with Gasteiger partial charge in [-0.05, 0) is 46.3 Å². The van der Waals surface area contributed by atoms with Gasteiger partial charge in [-0.3, -0.25) is 4.79 Å². The van der Waals surface area contributed by atoms with Crippen molar-refractivity contribution in [1.82, 2.24) is 20.2 Å². The highest BCUT2D eigenvalue weighted by Gasteiger charge is 2.11. The van der Waals surface area contributed by atoms with E-state index in [0.717, 1.165) is 10.6 Å². The second-order valence-corrected chi connectivity index (χ2v) is 7.62. The SMILES string of the molecule is CSc1cccc(NC(=O)CSc2nnnn2Cc2cccs2)c1. The molecule has 0 aliphatic carbocycles. The predicted octanol–water partition coefficient (Wildman–Crippen LogP) is 3.24. The molecule has 0 unspecified atom stereocenters. The van der Waals surface area contributed by atoms with Crippen LogP contribution in [0.2, 0.25) is 0 Å². The van der Waals surface area contributed by atoms with Crippen molar-refractivity contribution in [2.24, 2.45) is 0 Å². The van der Waals surface area contributed by atoms with Gasteiger partial charge < -0.3 is 5.32 Å². The molecule has 0 saturated carbocycles. The number of benzene rings is 1. The molecule has 1 aromatic carbocycles. The first-order valence-electron chi connectivity index (χ1n) is 7.10. The molecule has 2 heterocycles. The highest BCUT2D eigenvalue weighted by atomic mass is 32.2. The minimum Gasteiger partial charge on any atom is -0.325 e. The molecular weight excluding hydrogens is 362 g/mol. The first kappa shape index (κ1) is 17.0. The number of aromatic nitrogens is 4. The summed E-state index contributed by atoms with van der Waals surface area (Å²) < 4.78 is 1.71. The second-order valence-electron chi connectivity index (χ2n) is 4.77. The third kappa shape index (κ3) is 4.59. The van der Waals surface area contributed by atoms with E-state index in [-0.39, 0.29) is 11.7 Å². The largest absolute Gasteiger partial charge is 0.325 e. The van der Waals surface area contributed by atoms with Crippen LogP contribution in [0.3, 0.4) is 0 Å². The van der Waals surface area contributed by atoms with Crippen LogP contribution in [-0.4, -0.2) is 38.1 Å². The highest BCUT2D eigenvalue weighted by molar-refractivity contribution is 7.99. The summed E-state index contributed by atoms with van der Waals surface area (Å²) in [6.45, 7) is 0.615. The van der Waals surface area contributed by atoms with Gasteiger partial charge in [0.2, 0.25) is 11.1 Å². The van der Waals surface area contributed by atoms with E-state index in [0.29, 0.717) is 11.7 Å².